The fourth-order valence-electron chi connectivity index (χ4n) is 2.26. The molecular formula is C16H10Cl2N2O3S. The van der Waals surface area contributed by atoms with Gasteiger partial charge < -0.3 is 10.1 Å². The minimum atomic E-state index is -1.07. The average molecular weight is 381 g/mol. The highest BCUT2D eigenvalue weighted by Crippen LogP contribution is 2.28. The van der Waals surface area contributed by atoms with E-state index in [9.17, 15) is 9.59 Å². The van der Waals surface area contributed by atoms with Crippen molar-refractivity contribution in [2.75, 3.05) is 0 Å². The summed E-state index contributed by atoms with van der Waals surface area (Å²) in [4.78, 5) is 30.9. The number of benzene rings is 1. The van der Waals surface area contributed by atoms with Crippen LogP contribution in [0.4, 0.5) is 0 Å². The molecule has 0 saturated carbocycles. The first-order valence-corrected chi connectivity index (χ1v) is 8.34. The van der Waals surface area contributed by atoms with Gasteiger partial charge in [-0.25, -0.2) is 9.78 Å². The summed E-state index contributed by atoms with van der Waals surface area (Å²) < 4.78 is 0. The van der Waals surface area contributed by atoms with Gasteiger partial charge in [0.05, 0.1) is 15.4 Å². The minimum absolute atomic E-state index is 0.113. The molecule has 0 spiro atoms. The minimum Gasteiger partial charge on any atom is -0.477 e. The van der Waals surface area contributed by atoms with E-state index in [1.54, 1.807) is 37.3 Å². The molecule has 0 aliphatic carbocycles. The quantitative estimate of drug-likeness (QED) is 0.701. The van der Waals surface area contributed by atoms with Crippen LogP contribution in [0.25, 0.3) is 22.4 Å². The Morgan fingerprint density at radius 2 is 2.08 bits per heavy atom. The Bertz CT molecular complexity index is 1050. The van der Waals surface area contributed by atoms with Gasteiger partial charge in [-0.3, -0.25) is 4.79 Å². The fraction of sp³-hybridized carbons (Fsp3) is 0.0625. The summed E-state index contributed by atoms with van der Waals surface area (Å²) in [6, 6.07) is 5.21. The molecule has 0 aliphatic rings. The number of carboxylic acid groups (broad SMARTS) is 1. The second-order valence-electron chi connectivity index (χ2n) is 4.97. The summed E-state index contributed by atoms with van der Waals surface area (Å²) in [7, 11) is 0. The van der Waals surface area contributed by atoms with Gasteiger partial charge in [-0.15, -0.1) is 11.3 Å². The van der Waals surface area contributed by atoms with E-state index in [-0.39, 0.29) is 10.4 Å². The zero-order chi connectivity index (χ0) is 17.4. The maximum Gasteiger partial charge on any atom is 0.346 e. The number of nitrogens with one attached hydrogen (secondary N) is 1. The third kappa shape index (κ3) is 2.96. The fourth-order valence-corrected chi connectivity index (χ4v) is 3.66. The lowest BCUT2D eigenvalue weighted by molar-refractivity contribution is 0.0701. The summed E-state index contributed by atoms with van der Waals surface area (Å²) in [6.45, 7) is 1.60. The molecular weight excluding hydrogens is 371 g/mol. The Morgan fingerprint density at radius 1 is 1.33 bits per heavy atom. The smallest absolute Gasteiger partial charge is 0.346 e. The molecule has 0 amide bonds. The SMILES string of the molecule is Cc1c(C(=O)O)sc2nc(C=Cc3cccc(Cl)c3Cl)[nH]c(=O)c12. The predicted octanol–water partition coefficient (Wildman–Crippen LogP) is 4.47. The Morgan fingerprint density at radius 3 is 2.79 bits per heavy atom. The van der Waals surface area contributed by atoms with Crippen molar-refractivity contribution < 1.29 is 9.90 Å². The van der Waals surface area contributed by atoms with Gasteiger partial charge in [0.2, 0.25) is 0 Å². The monoisotopic (exact) mass is 380 g/mol. The number of H-pyrrole nitrogens is 1. The number of thiophene rings is 1. The molecule has 0 fully saturated rings. The van der Waals surface area contributed by atoms with Crippen LogP contribution in [0, 0.1) is 6.92 Å². The average Bonchev–Trinajstić information content (AvgIpc) is 2.86. The van der Waals surface area contributed by atoms with Gasteiger partial charge in [-0.1, -0.05) is 35.3 Å². The molecule has 2 heterocycles. The second-order valence-corrected chi connectivity index (χ2v) is 6.75. The van der Waals surface area contributed by atoms with E-state index >= 15 is 0 Å². The third-order valence-electron chi connectivity index (χ3n) is 3.42. The number of nitrogens with zero attached hydrogens (tertiary/aromatic N) is 1. The molecule has 0 radical (unpaired) electrons. The second kappa shape index (κ2) is 6.39. The topological polar surface area (TPSA) is 83.0 Å². The van der Waals surface area contributed by atoms with Crippen LogP contribution in [0.15, 0.2) is 23.0 Å². The predicted molar refractivity (Wildman–Crippen MR) is 97.3 cm³/mol. The molecule has 5 nitrogen and oxygen atoms in total. The Hall–Kier alpha value is -2.15. The van der Waals surface area contributed by atoms with Gasteiger partial charge >= 0.3 is 5.97 Å². The highest BCUT2D eigenvalue weighted by molar-refractivity contribution is 7.20. The van der Waals surface area contributed by atoms with Crippen LogP contribution in [-0.2, 0) is 0 Å². The van der Waals surface area contributed by atoms with Crippen LogP contribution in [0.1, 0.15) is 26.6 Å². The van der Waals surface area contributed by atoms with Gasteiger partial charge in [0, 0.05) is 0 Å². The van der Waals surface area contributed by atoms with E-state index in [0.29, 0.717) is 37.2 Å². The molecule has 0 unspecified atom stereocenters. The van der Waals surface area contributed by atoms with Gasteiger partial charge in [0.15, 0.2) is 0 Å². The number of fused-ring (bicyclic) bond motifs is 1. The number of hydrogen-bond donors (Lipinski definition) is 2. The van der Waals surface area contributed by atoms with Crippen molar-refractivity contribution in [3.05, 3.63) is 60.4 Å². The molecule has 0 aliphatic heterocycles. The van der Waals surface area contributed by atoms with Crippen molar-refractivity contribution in [3.8, 4) is 0 Å². The van der Waals surface area contributed by atoms with Crippen LogP contribution in [0.2, 0.25) is 10.0 Å². The van der Waals surface area contributed by atoms with Crippen molar-refractivity contribution in [1.29, 1.82) is 0 Å². The van der Waals surface area contributed by atoms with Crippen LogP contribution in [-0.4, -0.2) is 21.0 Å². The lowest BCUT2D eigenvalue weighted by atomic mass is 10.2. The number of hydrogen-bond acceptors (Lipinski definition) is 4. The van der Waals surface area contributed by atoms with Crippen molar-refractivity contribution in [1.82, 2.24) is 9.97 Å². The van der Waals surface area contributed by atoms with Gasteiger partial charge in [0.25, 0.3) is 5.56 Å². The zero-order valence-corrected chi connectivity index (χ0v) is 14.6. The van der Waals surface area contributed by atoms with Crippen molar-refractivity contribution in [2.24, 2.45) is 0 Å². The lowest BCUT2D eigenvalue weighted by Crippen LogP contribution is -2.09. The molecule has 2 N–H and O–H groups in total. The molecule has 0 bridgehead atoms. The normalized spacial score (nSPS) is 11.5. The van der Waals surface area contributed by atoms with Crippen LogP contribution >= 0.6 is 34.5 Å². The molecule has 24 heavy (non-hydrogen) atoms. The van der Waals surface area contributed by atoms with Gasteiger partial charge in [-0.05, 0) is 36.3 Å². The van der Waals surface area contributed by atoms with E-state index in [1.807, 2.05) is 0 Å². The molecule has 3 aromatic rings. The van der Waals surface area contributed by atoms with Gasteiger partial charge in [-0.2, -0.15) is 0 Å². The number of carboxylic acids is 1. The lowest BCUT2D eigenvalue weighted by Gasteiger charge is -2.00. The number of aryl methyl sites for hydroxylation is 1. The number of aromatic nitrogens is 2. The first kappa shape index (κ1) is 16.7. The molecule has 3 rings (SSSR count). The highest BCUT2D eigenvalue weighted by Gasteiger charge is 2.18. The Kier molecular flexibility index (Phi) is 4.45. The molecule has 2 aromatic heterocycles. The number of halogens is 2. The summed E-state index contributed by atoms with van der Waals surface area (Å²) in [5.41, 5.74) is 0.725. The number of aromatic amines is 1. The largest absolute Gasteiger partial charge is 0.477 e. The van der Waals surface area contributed by atoms with Crippen LogP contribution in [0.3, 0.4) is 0 Å². The zero-order valence-electron chi connectivity index (χ0n) is 12.3. The first-order valence-electron chi connectivity index (χ1n) is 6.77. The summed E-state index contributed by atoms with van der Waals surface area (Å²) in [6.07, 6.45) is 3.27. The number of aromatic carboxylic acids is 1. The molecule has 0 atom stereocenters. The number of carbonyl (C=O) groups is 1. The van der Waals surface area contributed by atoms with Gasteiger partial charge in [0.1, 0.15) is 15.5 Å². The standard InChI is InChI=1S/C16H10Cl2N2O3S/c1-7-11-14(21)19-10(20-15(11)24-13(7)16(22)23)6-5-8-3-2-4-9(17)12(8)18/h2-6H,1H3,(H,22,23)(H,19,20,21). The van der Waals surface area contributed by atoms with E-state index < -0.39 is 5.97 Å². The van der Waals surface area contributed by atoms with Crippen LogP contribution in [0.5, 0.6) is 0 Å². The highest BCUT2D eigenvalue weighted by atomic mass is 35.5. The maximum atomic E-state index is 12.2. The first-order chi connectivity index (χ1) is 11.4. The third-order valence-corrected chi connectivity index (χ3v) is 5.42. The van der Waals surface area contributed by atoms with Crippen molar-refractivity contribution in [3.63, 3.8) is 0 Å². The van der Waals surface area contributed by atoms with E-state index in [1.165, 1.54) is 0 Å². The summed E-state index contributed by atoms with van der Waals surface area (Å²) in [5.74, 6) is -0.764. The van der Waals surface area contributed by atoms with Crippen LogP contribution < -0.4 is 5.56 Å². The molecule has 1 aromatic carbocycles. The maximum absolute atomic E-state index is 12.2. The molecule has 0 saturated heterocycles. The molecule has 8 heteroatoms. The van der Waals surface area contributed by atoms with E-state index in [0.717, 1.165) is 11.3 Å². The van der Waals surface area contributed by atoms with Crippen molar-refractivity contribution in [2.45, 2.75) is 6.92 Å². The molecule has 122 valence electrons. The van der Waals surface area contributed by atoms with E-state index in [2.05, 4.69) is 9.97 Å². The Labute approximate surface area is 150 Å². The Balaban J connectivity index is 2.08. The van der Waals surface area contributed by atoms with Crippen molar-refractivity contribution >= 4 is 62.9 Å². The summed E-state index contributed by atoms with van der Waals surface area (Å²) >= 11 is 13.0. The summed E-state index contributed by atoms with van der Waals surface area (Å²) in [5, 5.41) is 10.3. The number of rotatable bonds is 3. The van der Waals surface area contributed by atoms with E-state index in [4.69, 9.17) is 28.3 Å².